The number of hydrogen-bond acceptors (Lipinski definition) is 3. The van der Waals surface area contributed by atoms with Crippen LogP contribution in [0.1, 0.15) is 5.56 Å². The van der Waals surface area contributed by atoms with E-state index in [2.05, 4.69) is 21.2 Å². The molecule has 0 saturated heterocycles. The number of carboxylic acids is 1. The lowest BCUT2D eigenvalue weighted by Gasteiger charge is -2.11. The molecule has 0 aromatic heterocycles. The van der Waals surface area contributed by atoms with Gasteiger partial charge >= 0.3 is 5.97 Å². The Bertz CT molecular complexity index is 355. The van der Waals surface area contributed by atoms with E-state index in [0.29, 0.717) is 6.61 Å². The van der Waals surface area contributed by atoms with Crippen LogP contribution in [0.15, 0.2) is 22.7 Å². The molecule has 4 nitrogen and oxygen atoms in total. The van der Waals surface area contributed by atoms with Crippen molar-refractivity contribution in [2.24, 2.45) is 0 Å². The summed E-state index contributed by atoms with van der Waals surface area (Å²) >= 11 is 3.39. The molecule has 0 atom stereocenters. The molecule has 0 unspecified atom stereocenters. The number of hydrogen-bond donors (Lipinski definition) is 2. The first-order valence-electron chi connectivity index (χ1n) is 4.37. The van der Waals surface area contributed by atoms with Crippen molar-refractivity contribution < 1.29 is 14.6 Å². The van der Waals surface area contributed by atoms with Gasteiger partial charge in [0.15, 0.2) is 0 Å². The minimum atomic E-state index is -0.890. The van der Waals surface area contributed by atoms with Gasteiger partial charge in [-0.15, -0.1) is 0 Å². The molecule has 0 fully saturated rings. The molecule has 82 valence electrons. The molecule has 1 aromatic rings. The first kappa shape index (κ1) is 12.0. The Kier molecular flexibility index (Phi) is 4.58. The molecule has 0 heterocycles. The second kappa shape index (κ2) is 5.72. The fraction of sp³-hybridized carbons (Fsp3) is 0.300. The summed E-state index contributed by atoms with van der Waals surface area (Å²) < 4.78 is 5.94. The zero-order valence-corrected chi connectivity index (χ0v) is 9.87. The molecule has 1 aromatic carbocycles. The van der Waals surface area contributed by atoms with E-state index in [-0.39, 0.29) is 6.54 Å². The molecular weight excluding hydrogens is 262 g/mol. The summed E-state index contributed by atoms with van der Waals surface area (Å²) in [5.41, 5.74) is 1.69. The van der Waals surface area contributed by atoms with E-state index < -0.39 is 5.97 Å². The Balaban J connectivity index is 2.85. The summed E-state index contributed by atoms with van der Waals surface area (Å²) in [7, 11) is 1.60. The molecule has 0 radical (unpaired) electrons. The second-order valence-corrected chi connectivity index (χ2v) is 3.80. The Morgan fingerprint density at radius 2 is 2.33 bits per heavy atom. The van der Waals surface area contributed by atoms with Crippen LogP contribution in [0.4, 0.5) is 5.69 Å². The van der Waals surface area contributed by atoms with Crippen LogP contribution in [-0.2, 0) is 16.1 Å². The van der Waals surface area contributed by atoms with Gasteiger partial charge in [0.2, 0.25) is 0 Å². The fourth-order valence-electron chi connectivity index (χ4n) is 1.19. The van der Waals surface area contributed by atoms with Crippen molar-refractivity contribution in [3.8, 4) is 0 Å². The van der Waals surface area contributed by atoms with Crippen molar-refractivity contribution in [1.82, 2.24) is 0 Å². The van der Waals surface area contributed by atoms with E-state index in [1.54, 1.807) is 7.11 Å². The zero-order chi connectivity index (χ0) is 11.3. The Labute approximate surface area is 96.4 Å². The highest BCUT2D eigenvalue weighted by Crippen LogP contribution is 2.25. The number of carbonyl (C=O) groups is 1. The Morgan fingerprint density at radius 3 is 2.93 bits per heavy atom. The van der Waals surface area contributed by atoms with Crippen LogP contribution >= 0.6 is 15.9 Å². The van der Waals surface area contributed by atoms with Gasteiger partial charge in [0.25, 0.3) is 0 Å². The van der Waals surface area contributed by atoms with Crippen molar-refractivity contribution in [2.75, 3.05) is 19.0 Å². The number of methoxy groups -OCH3 is 1. The largest absolute Gasteiger partial charge is 0.480 e. The normalized spacial score (nSPS) is 10.0. The van der Waals surface area contributed by atoms with Crippen LogP contribution < -0.4 is 5.32 Å². The molecule has 2 N–H and O–H groups in total. The molecule has 0 aliphatic heterocycles. The van der Waals surface area contributed by atoms with Gasteiger partial charge in [-0.1, -0.05) is 22.0 Å². The number of rotatable bonds is 5. The van der Waals surface area contributed by atoms with Gasteiger partial charge in [0.1, 0.15) is 6.54 Å². The second-order valence-electron chi connectivity index (χ2n) is 2.95. The first-order chi connectivity index (χ1) is 7.15. The molecule has 0 aliphatic carbocycles. The zero-order valence-electron chi connectivity index (χ0n) is 8.29. The maximum atomic E-state index is 10.4. The predicted octanol–water partition coefficient (Wildman–Crippen LogP) is 2.09. The van der Waals surface area contributed by atoms with E-state index in [0.717, 1.165) is 15.7 Å². The Morgan fingerprint density at radius 1 is 1.60 bits per heavy atom. The molecule has 0 saturated carbocycles. The van der Waals surface area contributed by atoms with Crippen LogP contribution in [0.3, 0.4) is 0 Å². The lowest BCUT2D eigenvalue weighted by Crippen LogP contribution is -2.13. The minimum Gasteiger partial charge on any atom is -0.480 e. The van der Waals surface area contributed by atoms with E-state index in [1.165, 1.54) is 0 Å². The highest BCUT2D eigenvalue weighted by molar-refractivity contribution is 9.10. The van der Waals surface area contributed by atoms with Gasteiger partial charge in [-0.05, 0) is 12.1 Å². The number of benzene rings is 1. The summed E-state index contributed by atoms with van der Waals surface area (Å²) in [5, 5.41) is 11.4. The molecule has 5 heteroatoms. The summed E-state index contributed by atoms with van der Waals surface area (Å²) in [4.78, 5) is 10.4. The lowest BCUT2D eigenvalue weighted by molar-refractivity contribution is -0.134. The molecular formula is C10H12BrNO3. The summed E-state index contributed by atoms with van der Waals surface area (Å²) in [6.45, 7) is 0.330. The number of carboxylic acid groups (broad SMARTS) is 1. The average molecular weight is 274 g/mol. The van der Waals surface area contributed by atoms with Crippen molar-refractivity contribution in [1.29, 1.82) is 0 Å². The number of halogens is 1. The van der Waals surface area contributed by atoms with Gasteiger partial charge in [0.05, 0.1) is 6.61 Å². The predicted molar refractivity (Wildman–Crippen MR) is 61.0 cm³/mol. The third-order valence-electron chi connectivity index (χ3n) is 1.84. The van der Waals surface area contributed by atoms with E-state index >= 15 is 0 Å². The number of anilines is 1. The highest BCUT2D eigenvalue weighted by Gasteiger charge is 2.06. The number of nitrogens with one attached hydrogen (secondary N) is 1. The Hall–Kier alpha value is -1.07. The maximum absolute atomic E-state index is 10.4. The smallest absolute Gasteiger partial charge is 0.322 e. The maximum Gasteiger partial charge on any atom is 0.322 e. The standard InChI is InChI=1S/C10H12BrNO3/c1-15-6-7-8(11)3-2-4-9(7)12-5-10(13)14/h2-4,12H,5-6H2,1H3,(H,13,14). The van der Waals surface area contributed by atoms with Crippen LogP contribution in [-0.4, -0.2) is 24.7 Å². The lowest BCUT2D eigenvalue weighted by atomic mass is 10.2. The molecule has 0 aliphatic rings. The van der Waals surface area contributed by atoms with E-state index in [4.69, 9.17) is 9.84 Å². The SMILES string of the molecule is COCc1c(Br)cccc1NCC(=O)O. The monoisotopic (exact) mass is 273 g/mol. The summed E-state index contributed by atoms with van der Waals surface area (Å²) in [6.07, 6.45) is 0. The molecule has 0 amide bonds. The molecule has 0 bridgehead atoms. The molecule has 0 spiro atoms. The van der Waals surface area contributed by atoms with Gasteiger partial charge in [-0.25, -0.2) is 0 Å². The van der Waals surface area contributed by atoms with Gasteiger partial charge in [-0.2, -0.15) is 0 Å². The average Bonchev–Trinajstić information content (AvgIpc) is 2.19. The molecule has 1 rings (SSSR count). The summed E-state index contributed by atoms with van der Waals surface area (Å²) in [6, 6.07) is 5.55. The van der Waals surface area contributed by atoms with Crippen LogP contribution in [0.5, 0.6) is 0 Å². The highest BCUT2D eigenvalue weighted by atomic mass is 79.9. The van der Waals surface area contributed by atoms with Crippen LogP contribution in [0.25, 0.3) is 0 Å². The van der Waals surface area contributed by atoms with E-state index in [1.807, 2.05) is 18.2 Å². The van der Waals surface area contributed by atoms with Crippen LogP contribution in [0, 0.1) is 0 Å². The van der Waals surface area contributed by atoms with Crippen molar-refractivity contribution >= 4 is 27.6 Å². The third-order valence-corrected chi connectivity index (χ3v) is 2.58. The van der Waals surface area contributed by atoms with Crippen molar-refractivity contribution in [2.45, 2.75) is 6.61 Å². The van der Waals surface area contributed by atoms with Gasteiger partial charge in [0, 0.05) is 22.8 Å². The topological polar surface area (TPSA) is 58.6 Å². The molecule has 15 heavy (non-hydrogen) atoms. The fourth-order valence-corrected chi connectivity index (χ4v) is 1.67. The number of aliphatic carboxylic acids is 1. The number of ether oxygens (including phenoxy) is 1. The van der Waals surface area contributed by atoms with Crippen LogP contribution in [0.2, 0.25) is 0 Å². The van der Waals surface area contributed by atoms with Gasteiger partial charge < -0.3 is 15.2 Å². The quantitative estimate of drug-likeness (QED) is 0.863. The minimum absolute atomic E-state index is 0.104. The third kappa shape index (κ3) is 3.53. The van der Waals surface area contributed by atoms with Gasteiger partial charge in [-0.3, -0.25) is 4.79 Å². The summed E-state index contributed by atoms with van der Waals surface area (Å²) in [5.74, 6) is -0.890. The van der Waals surface area contributed by atoms with Crippen molar-refractivity contribution in [3.05, 3.63) is 28.2 Å². The first-order valence-corrected chi connectivity index (χ1v) is 5.16. The van der Waals surface area contributed by atoms with Crippen molar-refractivity contribution in [3.63, 3.8) is 0 Å². The van der Waals surface area contributed by atoms with E-state index in [9.17, 15) is 4.79 Å².